The van der Waals surface area contributed by atoms with E-state index >= 15 is 0 Å². The van der Waals surface area contributed by atoms with Crippen LogP contribution in [0.3, 0.4) is 0 Å². The summed E-state index contributed by atoms with van der Waals surface area (Å²) in [4.78, 5) is 35.9. The summed E-state index contributed by atoms with van der Waals surface area (Å²) in [5.74, 6) is -1.68. The molecule has 0 radical (unpaired) electrons. The summed E-state index contributed by atoms with van der Waals surface area (Å²) in [5.41, 5.74) is 4.65. The number of urea groups is 1. The maximum atomic E-state index is 11.4. The lowest BCUT2D eigenvalue weighted by Gasteiger charge is -2.02. The van der Waals surface area contributed by atoms with Gasteiger partial charge in [-0.1, -0.05) is 0 Å². The van der Waals surface area contributed by atoms with Crippen LogP contribution < -0.4 is 16.4 Å². The van der Waals surface area contributed by atoms with E-state index in [4.69, 9.17) is 10.8 Å². The first-order valence-electron chi connectivity index (χ1n) is 4.51. The van der Waals surface area contributed by atoms with Crippen LogP contribution in [0.15, 0.2) is 5.38 Å². The van der Waals surface area contributed by atoms with E-state index in [9.17, 15) is 14.4 Å². The van der Waals surface area contributed by atoms with Crippen LogP contribution in [0.1, 0.15) is 20.3 Å². The maximum absolute atomic E-state index is 11.4. The molecule has 0 bridgehead atoms. The van der Waals surface area contributed by atoms with E-state index in [1.165, 1.54) is 5.38 Å². The number of carbonyl (C=O) groups excluding carboxylic acids is 2. The van der Waals surface area contributed by atoms with Crippen LogP contribution in [0.25, 0.3) is 0 Å². The lowest BCUT2D eigenvalue weighted by Crippen LogP contribution is -2.37. The number of thiazole rings is 1. The number of primary amides is 1. The summed E-state index contributed by atoms with van der Waals surface area (Å²) in [6.07, 6.45) is 0. The number of aromatic carboxylic acids is 1. The van der Waals surface area contributed by atoms with Crippen LogP contribution in [0.5, 0.6) is 0 Å². The van der Waals surface area contributed by atoms with Crippen molar-refractivity contribution in [1.29, 1.82) is 0 Å². The largest absolute Gasteiger partial charge is 0.476 e. The van der Waals surface area contributed by atoms with Crippen LogP contribution in [-0.4, -0.2) is 41.1 Å². The summed E-state index contributed by atoms with van der Waals surface area (Å²) >= 11 is 0.934. The lowest BCUT2D eigenvalue weighted by atomic mass is 10.5. The first-order chi connectivity index (χ1) is 8.00. The third-order valence-electron chi connectivity index (χ3n) is 1.63. The molecular weight excluding hydrogens is 248 g/mol. The molecule has 0 saturated carbocycles. The molecule has 0 aliphatic heterocycles. The Labute approximate surface area is 99.8 Å². The van der Waals surface area contributed by atoms with E-state index in [0.717, 1.165) is 11.3 Å². The Hall–Kier alpha value is -2.16. The number of rotatable bonds is 5. The third kappa shape index (κ3) is 4.07. The molecule has 0 aliphatic rings. The highest BCUT2D eigenvalue weighted by Crippen LogP contribution is 2.09. The van der Waals surface area contributed by atoms with E-state index in [1.54, 1.807) is 0 Å². The van der Waals surface area contributed by atoms with Crippen LogP contribution >= 0.6 is 11.3 Å². The second kappa shape index (κ2) is 5.80. The fraction of sp³-hybridized carbons (Fsp3) is 0.250. The van der Waals surface area contributed by atoms with Crippen molar-refractivity contribution in [2.45, 2.75) is 0 Å². The Bertz CT molecular complexity index is 444. The second-order valence-electron chi connectivity index (χ2n) is 2.89. The minimum absolute atomic E-state index is 0.0569. The summed E-state index contributed by atoms with van der Waals surface area (Å²) in [6, 6.07) is -0.679. The van der Waals surface area contributed by atoms with E-state index in [1.807, 2.05) is 0 Å². The van der Waals surface area contributed by atoms with Gasteiger partial charge in [-0.15, -0.1) is 11.3 Å². The third-order valence-corrected chi connectivity index (χ3v) is 2.47. The van der Waals surface area contributed by atoms with E-state index in [-0.39, 0.29) is 23.8 Å². The first-order valence-corrected chi connectivity index (χ1v) is 5.39. The predicted molar refractivity (Wildman–Crippen MR) is 59.0 cm³/mol. The predicted octanol–water partition coefficient (Wildman–Crippen LogP) is -0.761. The number of hydrogen-bond acceptors (Lipinski definition) is 5. The highest BCUT2D eigenvalue weighted by Gasteiger charge is 2.13. The topological polar surface area (TPSA) is 134 Å². The zero-order valence-corrected chi connectivity index (χ0v) is 9.41. The van der Waals surface area contributed by atoms with Crippen molar-refractivity contribution in [2.24, 2.45) is 5.73 Å². The number of carboxylic acid groups (broad SMARTS) is 1. The van der Waals surface area contributed by atoms with Gasteiger partial charge in [0, 0.05) is 18.5 Å². The Morgan fingerprint density at radius 3 is 2.53 bits per heavy atom. The molecule has 92 valence electrons. The number of carboxylic acids is 1. The summed E-state index contributed by atoms with van der Waals surface area (Å²) in [7, 11) is 0. The highest BCUT2D eigenvalue weighted by molar-refractivity contribution is 7.11. The number of carbonyl (C=O) groups is 3. The summed E-state index contributed by atoms with van der Waals surface area (Å²) in [5, 5.41) is 14.7. The van der Waals surface area contributed by atoms with Gasteiger partial charge in [0.15, 0.2) is 10.7 Å². The zero-order chi connectivity index (χ0) is 12.8. The van der Waals surface area contributed by atoms with Crippen LogP contribution in [0, 0.1) is 0 Å². The maximum Gasteiger partial charge on any atom is 0.355 e. The van der Waals surface area contributed by atoms with E-state index in [2.05, 4.69) is 15.6 Å². The van der Waals surface area contributed by atoms with Crippen LogP contribution in [-0.2, 0) is 0 Å². The van der Waals surface area contributed by atoms with Gasteiger partial charge in [0.05, 0.1) is 0 Å². The average Bonchev–Trinajstić information content (AvgIpc) is 2.73. The standard InChI is InChI=1S/C8H10N4O4S/c9-8(16)11-2-1-10-5(13)6-12-4(3-17-6)7(14)15/h3H,1-2H2,(H,10,13)(H,14,15)(H3,9,11,16). The van der Waals surface area contributed by atoms with Gasteiger partial charge in [-0.05, 0) is 0 Å². The van der Waals surface area contributed by atoms with Gasteiger partial charge in [0.25, 0.3) is 5.91 Å². The van der Waals surface area contributed by atoms with Gasteiger partial charge in [-0.3, -0.25) is 4.79 Å². The highest BCUT2D eigenvalue weighted by atomic mass is 32.1. The van der Waals surface area contributed by atoms with Crippen molar-refractivity contribution in [3.8, 4) is 0 Å². The second-order valence-corrected chi connectivity index (χ2v) is 3.75. The number of nitrogens with zero attached hydrogens (tertiary/aromatic N) is 1. The monoisotopic (exact) mass is 258 g/mol. The molecule has 1 aromatic rings. The summed E-state index contributed by atoms with van der Waals surface area (Å²) in [6.45, 7) is 0.377. The number of nitrogens with two attached hydrogens (primary N) is 1. The molecule has 0 fully saturated rings. The molecule has 1 heterocycles. The van der Waals surface area contributed by atoms with Gasteiger partial charge in [0.2, 0.25) is 0 Å². The molecule has 0 atom stereocenters. The van der Waals surface area contributed by atoms with E-state index < -0.39 is 17.9 Å². The molecule has 0 aliphatic carbocycles. The minimum Gasteiger partial charge on any atom is -0.476 e. The molecule has 1 rings (SSSR count). The van der Waals surface area contributed by atoms with Crippen molar-refractivity contribution in [1.82, 2.24) is 15.6 Å². The van der Waals surface area contributed by atoms with Gasteiger partial charge in [-0.2, -0.15) is 0 Å². The SMILES string of the molecule is NC(=O)NCCNC(=O)c1nc(C(=O)O)cs1. The normalized spacial score (nSPS) is 9.65. The van der Waals surface area contributed by atoms with Crippen molar-refractivity contribution < 1.29 is 19.5 Å². The quantitative estimate of drug-likeness (QED) is 0.515. The molecule has 0 saturated heterocycles. The molecule has 9 heteroatoms. The Kier molecular flexibility index (Phi) is 4.40. The fourth-order valence-corrected chi connectivity index (χ4v) is 1.62. The number of aromatic nitrogens is 1. The van der Waals surface area contributed by atoms with Crippen LogP contribution in [0.4, 0.5) is 4.79 Å². The Balaban J connectivity index is 2.41. The Morgan fingerprint density at radius 2 is 2.00 bits per heavy atom. The molecular formula is C8H10N4O4S. The van der Waals surface area contributed by atoms with Crippen molar-refractivity contribution in [3.05, 3.63) is 16.1 Å². The molecule has 1 aromatic heterocycles. The lowest BCUT2D eigenvalue weighted by molar-refractivity contribution is 0.0691. The molecule has 17 heavy (non-hydrogen) atoms. The van der Waals surface area contributed by atoms with E-state index in [0.29, 0.717) is 0 Å². The number of nitrogens with one attached hydrogen (secondary N) is 2. The molecule has 3 amide bonds. The molecule has 5 N–H and O–H groups in total. The van der Waals surface area contributed by atoms with Gasteiger partial charge < -0.3 is 21.5 Å². The molecule has 0 aromatic carbocycles. The van der Waals surface area contributed by atoms with Gasteiger partial charge in [0.1, 0.15) is 0 Å². The molecule has 0 spiro atoms. The van der Waals surface area contributed by atoms with Gasteiger partial charge >= 0.3 is 12.0 Å². The first kappa shape index (κ1) is 12.9. The van der Waals surface area contributed by atoms with Gasteiger partial charge in [-0.25, -0.2) is 14.6 Å². The average molecular weight is 258 g/mol. The minimum atomic E-state index is -1.18. The summed E-state index contributed by atoms with van der Waals surface area (Å²) < 4.78 is 0. The van der Waals surface area contributed by atoms with Crippen LogP contribution in [0.2, 0.25) is 0 Å². The zero-order valence-electron chi connectivity index (χ0n) is 8.60. The molecule has 0 unspecified atom stereocenters. The number of hydrogen-bond donors (Lipinski definition) is 4. The smallest absolute Gasteiger partial charge is 0.355 e. The number of amides is 3. The fourth-order valence-electron chi connectivity index (χ4n) is 0.914. The Morgan fingerprint density at radius 1 is 1.35 bits per heavy atom. The van der Waals surface area contributed by atoms with Crippen molar-refractivity contribution in [2.75, 3.05) is 13.1 Å². The van der Waals surface area contributed by atoms with Crippen molar-refractivity contribution >= 4 is 29.2 Å². The molecule has 8 nitrogen and oxygen atoms in total. The van der Waals surface area contributed by atoms with Crippen molar-refractivity contribution in [3.63, 3.8) is 0 Å².